The highest BCUT2D eigenvalue weighted by atomic mass is 32.1. The molecule has 25 heavy (non-hydrogen) atoms. The second-order valence-electron chi connectivity index (χ2n) is 5.28. The number of benzene rings is 2. The van der Waals surface area contributed by atoms with E-state index < -0.39 is 11.7 Å². The van der Waals surface area contributed by atoms with Crippen LogP contribution in [0.3, 0.4) is 0 Å². The Morgan fingerprint density at radius 3 is 2.56 bits per heavy atom. The lowest BCUT2D eigenvalue weighted by Gasteiger charge is -2.09. The Morgan fingerprint density at radius 1 is 1.08 bits per heavy atom. The first-order valence-corrected chi connectivity index (χ1v) is 8.21. The lowest BCUT2D eigenvalue weighted by atomic mass is 10.1. The summed E-state index contributed by atoms with van der Waals surface area (Å²) in [6.07, 6.45) is -2.93. The highest BCUT2D eigenvalue weighted by Crippen LogP contribution is 2.29. The van der Waals surface area contributed by atoms with Crippen molar-refractivity contribution in [2.75, 3.05) is 0 Å². The molecule has 1 N–H and O–H groups in total. The molecule has 2 aromatic carbocycles. The lowest BCUT2D eigenvalue weighted by molar-refractivity contribution is -0.137. The third kappa shape index (κ3) is 4.24. The second kappa shape index (κ2) is 7.06. The Kier molecular flexibility index (Phi) is 4.85. The van der Waals surface area contributed by atoms with Gasteiger partial charge in [-0.05, 0) is 17.7 Å². The maximum atomic E-state index is 12.7. The monoisotopic (exact) mass is 362 g/mol. The minimum atomic E-state index is -4.40. The predicted octanol–water partition coefficient (Wildman–Crippen LogP) is 4.76. The molecule has 0 spiro atoms. The van der Waals surface area contributed by atoms with Crippen molar-refractivity contribution in [1.82, 2.24) is 10.3 Å². The molecule has 7 heteroatoms. The Bertz CT molecular complexity index is 875. The fraction of sp³-hybridized carbons (Fsp3) is 0.111. The third-order valence-electron chi connectivity index (χ3n) is 3.46. The van der Waals surface area contributed by atoms with Crippen LogP contribution < -0.4 is 5.32 Å². The minimum absolute atomic E-state index is 0.0152. The molecule has 1 amide bonds. The van der Waals surface area contributed by atoms with Gasteiger partial charge < -0.3 is 5.32 Å². The van der Waals surface area contributed by atoms with Crippen molar-refractivity contribution in [3.63, 3.8) is 0 Å². The third-order valence-corrected chi connectivity index (χ3v) is 4.50. The largest absolute Gasteiger partial charge is 0.416 e. The van der Waals surface area contributed by atoms with Gasteiger partial charge >= 0.3 is 6.18 Å². The molecule has 3 aromatic rings. The molecule has 0 radical (unpaired) electrons. The maximum absolute atomic E-state index is 12.7. The summed E-state index contributed by atoms with van der Waals surface area (Å²) in [4.78, 5) is 16.8. The van der Waals surface area contributed by atoms with E-state index in [1.807, 2.05) is 30.3 Å². The number of alkyl halides is 3. The molecule has 0 saturated heterocycles. The van der Waals surface area contributed by atoms with E-state index in [0.29, 0.717) is 15.4 Å². The number of rotatable bonds is 4. The van der Waals surface area contributed by atoms with Crippen LogP contribution in [0, 0.1) is 0 Å². The van der Waals surface area contributed by atoms with Crippen LogP contribution in [0.25, 0.3) is 10.6 Å². The highest BCUT2D eigenvalue weighted by molar-refractivity contribution is 7.16. The molecule has 1 heterocycles. The molecule has 3 rings (SSSR count). The van der Waals surface area contributed by atoms with Gasteiger partial charge in [-0.15, -0.1) is 11.3 Å². The van der Waals surface area contributed by atoms with Crippen molar-refractivity contribution in [2.45, 2.75) is 12.7 Å². The molecule has 1 aromatic heterocycles. The number of aromatic nitrogens is 1. The van der Waals surface area contributed by atoms with E-state index in [4.69, 9.17) is 0 Å². The zero-order valence-electron chi connectivity index (χ0n) is 12.9. The Balaban J connectivity index is 1.67. The molecule has 0 unspecified atom stereocenters. The molecular formula is C18H13F3N2OS. The van der Waals surface area contributed by atoms with Gasteiger partial charge in [-0.25, -0.2) is 4.98 Å². The van der Waals surface area contributed by atoms with Crippen molar-refractivity contribution in [2.24, 2.45) is 0 Å². The first kappa shape index (κ1) is 17.2. The standard InChI is InChI=1S/C18H13F3N2OS/c19-18(20,21)14-8-4-5-12(9-14)10-22-16(24)15-11-23-17(25-15)13-6-2-1-3-7-13/h1-9,11H,10H2,(H,22,24). The van der Waals surface area contributed by atoms with Gasteiger partial charge in [-0.3, -0.25) is 4.79 Å². The molecule has 3 nitrogen and oxygen atoms in total. The van der Waals surface area contributed by atoms with Gasteiger partial charge in [0.25, 0.3) is 5.91 Å². The van der Waals surface area contributed by atoms with E-state index >= 15 is 0 Å². The Hall–Kier alpha value is -2.67. The summed E-state index contributed by atoms with van der Waals surface area (Å²) in [5.74, 6) is -0.364. The topological polar surface area (TPSA) is 42.0 Å². The van der Waals surface area contributed by atoms with E-state index in [9.17, 15) is 18.0 Å². The van der Waals surface area contributed by atoms with Gasteiger partial charge in [-0.2, -0.15) is 13.2 Å². The van der Waals surface area contributed by atoms with Crippen LogP contribution in [0.4, 0.5) is 13.2 Å². The zero-order chi connectivity index (χ0) is 17.9. The molecule has 128 valence electrons. The molecule has 0 aliphatic heterocycles. The quantitative estimate of drug-likeness (QED) is 0.727. The fourth-order valence-corrected chi connectivity index (χ4v) is 3.06. The predicted molar refractivity (Wildman–Crippen MR) is 90.2 cm³/mol. The fourth-order valence-electron chi connectivity index (χ4n) is 2.22. The van der Waals surface area contributed by atoms with Gasteiger partial charge in [-0.1, -0.05) is 42.5 Å². The van der Waals surface area contributed by atoms with Crippen molar-refractivity contribution in [3.8, 4) is 10.6 Å². The first-order chi connectivity index (χ1) is 11.9. The zero-order valence-corrected chi connectivity index (χ0v) is 13.7. The molecule has 0 saturated carbocycles. The van der Waals surface area contributed by atoms with Gasteiger partial charge in [0.2, 0.25) is 0 Å². The number of halogens is 3. The van der Waals surface area contributed by atoms with E-state index in [-0.39, 0.29) is 12.5 Å². The van der Waals surface area contributed by atoms with E-state index in [0.717, 1.165) is 17.7 Å². The number of carbonyl (C=O) groups excluding carboxylic acids is 1. The number of nitrogens with one attached hydrogen (secondary N) is 1. The average molecular weight is 362 g/mol. The van der Waals surface area contributed by atoms with Crippen LogP contribution in [-0.4, -0.2) is 10.9 Å². The average Bonchev–Trinajstić information content (AvgIpc) is 3.10. The summed E-state index contributed by atoms with van der Waals surface area (Å²) in [6.45, 7) is 0.0152. The second-order valence-corrected chi connectivity index (χ2v) is 6.31. The van der Waals surface area contributed by atoms with E-state index in [2.05, 4.69) is 10.3 Å². The van der Waals surface area contributed by atoms with Crippen LogP contribution in [0.15, 0.2) is 60.8 Å². The molecule has 0 aliphatic carbocycles. The molecule has 0 bridgehead atoms. The number of amides is 1. The maximum Gasteiger partial charge on any atom is 0.416 e. The summed E-state index contributed by atoms with van der Waals surface area (Å²) in [6, 6.07) is 14.3. The van der Waals surface area contributed by atoms with Crippen molar-refractivity contribution in [3.05, 3.63) is 76.8 Å². The number of thiazole rings is 1. The molecule has 0 fully saturated rings. The number of carbonyl (C=O) groups is 1. The highest BCUT2D eigenvalue weighted by Gasteiger charge is 2.30. The summed E-state index contributed by atoms with van der Waals surface area (Å²) in [5.41, 5.74) is 0.559. The van der Waals surface area contributed by atoms with Crippen molar-refractivity contribution in [1.29, 1.82) is 0 Å². The van der Waals surface area contributed by atoms with Crippen LogP contribution in [0.1, 0.15) is 20.8 Å². The molecule has 0 atom stereocenters. The van der Waals surface area contributed by atoms with Gasteiger partial charge in [0.1, 0.15) is 9.88 Å². The summed E-state index contributed by atoms with van der Waals surface area (Å²) in [5, 5.41) is 3.34. The SMILES string of the molecule is O=C(NCc1cccc(C(F)(F)F)c1)c1cnc(-c2ccccc2)s1. The minimum Gasteiger partial charge on any atom is -0.347 e. The number of hydrogen-bond donors (Lipinski definition) is 1. The van der Waals surface area contributed by atoms with E-state index in [1.54, 1.807) is 0 Å². The first-order valence-electron chi connectivity index (χ1n) is 7.39. The molecular weight excluding hydrogens is 349 g/mol. The van der Waals surface area contributed by atoms with Gasteiger partial charge in [0.05, 0.1) is 11.8 Å². The van der Waals surface area contributed by atoms with Gasteiger partial charge in [0, 0.05) is 12.1 Å². The van der Waals surface area contributed by atoms with Crippen LogP contribution in [0.5, 0.6) is 0 Å². The summed E-state index contributed by atoms with van der Waals surface area (Å²) < 4.78 is 38.1. The summed E-state index contributed by atoms with van der Waals surface area (Å²) >= 11 is 1.23. The van der Waals surface area contributed by atoms with Crippen LogP contribution in [-0.2, 0) is 12.7 Å². The number of hydrogen-bond acceptors (Lipinski definition) is 3. The normalized spacial score (nSPS) is 11.3. The van der Waals surface area contributed by atoms with E-state index in [1.165, 1.54) is 29.7 Å². The van der Waals surface area contributed by atoms with Crippen molar-refractivity contribution < 1.29 is 18.0 Å². The lowest BCUT2D eigenvalue weighted by Crippen LogP contribution is -2.22. The van der Waals surface area contributed by atoms with Crippen LogP contribution >= 0.6 is 11.3 Å². The molecule has 0 aliphatic rings. The Labute approximate surface area is 146 Å². The van der Waals surface area contributed by atoms with Crippen molar-refractivity contribution >= 4 is 17.2 Å². The summed E-state index contributed by atoms with van der Waals surface area (Å²) in [7, 11) is 0. The number of nitrogens with zero attached hydrogens (tertiary/aromatic N) is 1. The van der Waals surface area contributed by atoms with Crippen LogP contribution in [0.2, 0.25) is 0 Å². The van der Waals surface area contributed by atoms with Gasteiger partial charge in [0.15, 0.2) is 0 Å². The smallest absolute Gasteiger partial charge is 0.347 e. The Morgan fingerprint density at radius 2 is 1.84 bits per heavy atom.